The van der Waals surface area contributed by atoms with E-state index in [9.17, 15) is 19.5 Å². The van der Waals surface area contributed by atoms with Crippen LogP contribution in [0.15, 0.2) is 48.5 Å². The van der Waals surface area contributed by atoms with Crippen molar-refractivity contribution in [3.8, 4) is 11.5 Å². The van der Waals surface area contributed by atoms with Gasteiger partial charge in [0.1, 0.15) is 35.9 Å². The van der Waals surface area contributed by atoms with E-state index in [4.69, 9.17) is 33.2 Å². The molecule has 0 aromatic heterocycles. The first-order chi connectivity index (χ1) is 18.7. The molecule has 12 heteroatoms. The molecule has 2 heterocycles. The Morgan fingerprint density at radius 1 is 1.05 bits per heavy atom. The number of rotatable bonds is 9. The maximum Gasteiger partial charge on any atom is 0.337 e. The summed E-state index contributed by atoms with van der Waals surface area (Å²) < 4.78 is 40.6. The molecular formula is C27H31NO11. The highest BCUT2D eigenvalue weighted by Gasteiger charge is 2.53. The van der Waals surface area contributed by atoms with Gasteiger partial charge in [-0.25, -0.2) is 9.59 Å². The predicted molar refractivity (Wildman–Crippen MR) is 133 cm³/mol. The number of carbonyl (C=O) groups is 3. The minimum Gasteiger partial charge on any atom is -0.496 e. The molecule has 0 aliphatic carbocycles. The number of esters is 1. The topological polar surface area (TPSA) is 148 Å². The fourth-order valence-electron chi connectivity index (χ4n) is 4.46. The lowest BCUT2D eigenvalue weighted by Crippen LogP contribution is -2.68. The number of ether oxygens (including phenoxy) is 7. The van der Waals surface area contributed by atoms with E-state index in [2.05, 4.69) is 5.32 Å². The Morgan fingerprint density at radius 2 is 1.77 bits per heavy atom. The monoisotopic (exact) mass is 545 g/mol. The van der Waals surface area contributed by atoms with Crippen molar-refractivity contribution in [3.05, 3.63) is 59.7 Å². The van der Waals surface area contributed by atoms with Gasteiger partial charge in [0, 0.05) is 12.5 Å². The van der Waals surface area contributed by atoms with Crippen LogP contribution in [-0.4, -0.2) is 80.5 Å². The van der Waals surface area contributed by atoms with Crippen LogP contribution in [0.3, 0.4) is 0 Å². The number of hydrogen-bond acceptors (Lipinski definition) is 10. The summed E-state index contributed by atoms with van der Waals surface area (Å²) in [5.41, 5.74) is 0.949. The van der Waals surface area contributed by atoms with Crippen LogP contribution >= 0.6 is 0 Å². The van der Waals surface area contributed by atoms with Crippen molar-refractivity contribution in [2.45, 2.75) is 56.9 Å². The summed E-state index contributed by atoms with van der Waals surface area (Å²) in [6.07, 6.45) is -5.78. The number of fused-ring (bicyclic) bond motifs is 1. The summed E-state index contributed by atoms with van der Waals surface area (Å²) in [6.45, 7) is 2.76. The zero-order valence-electron chi connectivity index (χ0n) is 21.9. The Labute approximate surface area is 225 Å². The van der Waals surface area contributed by atoms with Gasteiger partial charge in [-0.2, -0.15) is 0 Å². The van der Waals surface area contributed by atoms with Crippen molar-refractivity contribution in [2.75, 3.05) is 20.8 Å². The number of nitrogens with one attached hydrogen (secondary N) is 1. The average Bonchev–Trinajstić information content (AvgIpc) is 2.94. The zero-order chi connectivity index (χ0) is 28.1. The van der Waals surface area contributed by atoms with E-state index in [1.54, 1.807) is 24.3 Å². The number of carbonyl (C=O) groups excluding carboxylic acids is 2. The van der Waals surface area contributed by atoms with Gasteiger partial charge < -0.3 is 43.6 Å². The average molecular weight is 546 g/mol. The molecule has 2 N–H and O–H groups in total. The summed E-state index contributed by atoms with van der Waals surface area (Å²) in [7, 11) is 2.81. The van der Waals surface area contributed by atoms with Gasteiger partial charge in [0.05, 0.1) is 26.4 Å². The summed E-state index contributed by atoms with van der Waals surface area (Å²) in [5.74, 6) is -1.24. The quantitative estimate of drug-likeness (QED) is 0.446. The van der Waals surface area contributed by atoms with Gasteiger partial charge in [0.2, 0.25) is 12.2 Å². The van der Waals surface area contributed by atoms with Crippen LogP contribution in [0, 0.1) is 0 Å². The normalized spacial score (nSPS) is 27.0. The van der Waals surface area contributed by atoms with E-state index in [-0.39, 0.29) is 6.61 Å². The number of aliphatic carboxylic acids is 1. The molecule has 0 spiro atoms. The summed E-state index contributed by atoms with van der Waals surface area (Å²) in [5, 5.41) is 12.3. The molecule has 210 valence electrons. The first-order valence-electron chi connectivity index (χ1n) is 12.3. The molecule has 2 aromatic rings. The van der Waals surface area contributed by atoms with E-state index in [0.29, 0.717) is 22.6 Å². The lowest BCUT2D eigenvalue weighted by Gasteiger charge is -2.49. The second-order valence-electron chi connectivity index (χ2n) is 8.99. The Morgan fingerprint density at radius 3 is 2.41 bits per heavy atom. The first-order valence-corrected chi connectivity index (χ1v) is 12.3. The van der Waals surface area contributed by atoms with E-state index in [0.717, 1.165) is 0 Å². The fourth-order valence-corrected chi connectivity index (χ4v) is 4.46. The van der Waals surface area contributed by atoms with Crippen molar-refractivity contribution in [1.29, 1.82) is 0 Å². The van der Waals surface area contributed by atoms with Crippen molar-refractivity contribution in [2.24, 2.45) is 0 Å². The molecule has 4 rings (SSSR count). The number of hydrogen-bond donors (Lipinski definition) is 2. The van der Waals surface area contributed by atoms with Crippen LogP contribution < -0.4 is 14.8 Å². The number of carboxylic acid groups (broad SMARTS) is 1. The van der Waals surface area contributed by atoms with Gasteiger partial charge in [-0.3, -0.25) is 4.79 Å². The third-order valence-corrected chi connectivity index (χ3v) is 6.34. The standard InChI is InChI=1S/C27H31NO11/c1-14(24(30)31)36-23-21(28-15(2)29)27(37-17-11-9-16(10-12-17)25(32)34-4)38-20-13-35-26(39-22(20)23)18-7-5-6-8-19(18)33-3/h5-12,14,20-23,26-27H,13H2,1-4H3,(H,28,29)(H,30,31). The number of carboxylic acids is 1. The molecular weight excluding hydrogens is 514 g/mol. The van der Waals surface area contributed by atoms with Gasteiger partial charge in [0.15, 0.2) is 12.4 Å². The molecule has 2 aliphatic rings. The van der Waals surface area contributed by atoms with E-state index in [1.165, 1.54) is 40.2 Å². The first kappa shape index (κ1) is 28.3. The lowest BCUT2D eigenvalue weighted by molar-refractivity contribution is -0.340. The molecule has 0 saturated carbocycles. The molecule has 2 saturated heterocycles. The zero-order valence-corrected chi connectivity index (χ0v) is 21.9. The molecule has 1 amide bonds. The lowest BCUT2D eigenvalue weighted by atomic mass is 9.95. The molecule has 2 aliphatic heterocycles. The maximum atomic E-state index is 12.2. The van der Waals surface area contributed by atoms with E-state index in [1.807, 2.05) is 12.1 Å². The maximum absolute atomic E-state index is 12.2. The highest BCUT2D eigenvalue weighted by atomic mass is 16.8. The summed E-state index contributed by atoms with van der Waals surface area (Å²) in [4.78, 5) is 35.7. The van der Waals surface area contributed by atoms with E-state index < -0.39 is 60.9 Å². The van der Waals surface area contributed by atoms with Crippen molar-refractivity contribution in [1.82, 2.24) is 5.32 Å². The molecule has 2 fully saturated rings. The van der Waals surface area contributed by atoms with Crippen molar-refractivity contribution >= 4 is 17.8 Å². The van der Waals surface area contributed by atoms with Gasteiger partial charge >= 0.3 is 11.9 Å². The Bertz CT molecular complexity index is 1170. The highest BCUT2D eigenvalue weighted by molar-refractivity contribution is 5.89. The number of benzene rings is 2. The third kappa shape index (κ3) is 6.48. The Balaban J connectivity index is 1.64. The van der Waals surface area contributed by atoms with Crippen LogP contribution in [0.25, 0.3) is 0 Å². The smallest absolute Gasteiger partial charge is 0.337 e. The minimum absolute atomic E-state index is 0.0582. The van der Waals surface area contributed by atoms with Gasteiger partial charge in [-0.1, -0.05) is 18.2 Å². The van der Waals surface area contributed by atoms with Crippen molar-refractivity contribution in [3.63, 3.8) is 0 Å². The predicted octanol–water partition coefficient (Wildman–Crippen LogP) is 2.06. The number of methoxy groups -OCH3 is 2. The SMILES string of the molecule is COC(=O)c1ccc(OC2OC3COC(c4ccccc4OC)OC3C(OC(C)C(=O)O)C2NC(C)=O)cc1. The van der Waals surface area contributed by atoms with Crippen LogP contribution in [0.5, 0.6) is 11.5 Å². The second kappa shape index (κ2) is 12.4. The molecule has 12 nitrogen and oxygen atoms in total. The summed E-state index contributed by atoms with van der Waals surface area (Å²) >= 11 is 0. The molecule has 0 radical (unpaired) electrons. The Kier molecular flexibility index (Phi) is 9.02. The fraction of sp³-hybridized carbons (Fsp3) is 0.444. The molecule has 2 aromatic carbocycles. The van der Waals surface area contributed by atoms with Gasteiger partial charge in [0.25, 0.3) is 0 Å². The Hall–Kier alpha value is -3.71. The highest BCUT2D eigenvalue weighted by Crippen LogP contribution is 2.39. The van der Waals surface area contributed by atoms with Gasteiger partial charge in [-0.05, 0) is 37.3 Å². The van der Waals surface area contributed by atoms with Crippen LogP contribution in [-0.2, 0) is 33.3 Å². The minimum atomic E-state index is -1.24. The van der Waals surface area contributed by atoms with Crippen molar-refractivity contribution < 1.29 is 52.6 Å². The number of amides is 1. The largest absolute Gasteiger partial charge is 0.496 e. The van der Waals surface area contributed by atoms with E-state index >= 15 is 0 Å². The summed E-state index contributed by atoms with van der Waals surface area (Å²) in [6, 6.07) is 12.3. The van der Waals surface area contributed by atoms with Gasteiger partial charge in [-0.15, -0.1) is 0 Å². The van der Waals surface area contributed by atoms with Crippen LogP contribution in [0.1, 0.15) is 36.1 Å². The third-order valence-electron chi connectivity index (χ3n) is 6.34. The number of para-hydroxylation sites is 1. The van der Waals surface area contributed by atoms with Crippen LogP contribution in [0.2, 0.25) is 0 Å². The second-order valence-corrected chi connectivity index (χ2v) is 8.99. The molecule has 7 atom stereocenters. The van der Waals surface area contributed by atoms with Crippen LogP contribution in [0.4, 0.5) is 0 Å². The molecule has 0 bridgehead atoms. The molecule has 39 heavy (non-hydrogen) atoms. The molecule has 7 unspecified atom stereocenters.